The molecule has 3 fully saturated rings. The summed E-state index contributed by atoms with van der Waals surface area (Å²) in [6, 6.07) is 17.6. The van der Waals surface area contributed by atoms with Crippen LogP contribution < -0.4 is 10.6 Å². The SMILES string of the molecule is O=C1CCC(c2ccc(CCc3ccc(C4CCC5(CC4)NC(=O)NC5=O)cc3)cc2)CC1. The van der Waals surface area contributed by atoms with E-state index in [0.29, 0.717) is 30.5 Å². The van der Waals surface area contributed by atoms with E-state index in [4.69, 9.17) is 0 Å². The number of nitrogens with one attached hydrogen (secondary N) is 2. The van der Waals surface area contributed by atoms with Gasteiger partial charge in [-0.25, -0.2) is 4.79 Å². The Morgan fingerprint density at radius 2 is 1.18 bits per heavy atom. The molecule has 2 saturated carbocycles. The second-order valence-corrected chi connectivity index (χ2v) is 10.1. The van der Waals surface area contributed by atoms with E-state index in [-0.39, 0.29) is 11.9 Å². The Bertz CT molecular complexity index is 1020. The largest absolute Gasteiger partial charge is 0.323 e. The van der Waals surface area contributed by atoms with Gasteiger partial charge in [0.05, 0.1) is 0 Å². The molecule has 1 saturated heterocycles. The summed E-state index contributed by atoms with van der Waals surface area (Å²) in [6.45, 7) is 0. The van der Waals surface area contributed by atoms with Crippen LogP contribution in [0.4, 0.5) is 4.79 Å². The van der Waals surface area contributed by atoms with Gasteiger partial charge in [-0.05, 0) is 85.5 Å². The fourth-order valence-corrected chi connectivity index (χ4v) is 5.80. The fraction of sp³-hybridized carbons (Fsp3) is 0.464. The molecule has 2 N–H and O–H groups in total. The van der Waals surface area contributed by atoms with Crippen molar-refractivity contribution >= 4 is 17.7 Å². The molecule has 0 aromatic heterocycles. The number of rotatable bonds is 5. The standard InChI is InChI=1S/C28H32N2O3/c31-25-13-11-23(12-14-25)21-7-3-19(4-8-21)1-2-20-5-9-22(10-6-20)24-15-17-28(18-16-24)26(32)29-27(33)30-28/h3-10,23-24H,1-2,11-18H2,(H2,29,30,32,33). The maximum absolute atomic E-state index is 12.1. The molecule has 0 radical (unpaired) electrons. The monoisotopic (exact) mass is 444 g/mol. The third-order valence-corrected chi connectivity index (χ3v) is 8.00. The summed E-state index contributed by atoms with van der Waals surface area (Å²) in [4.78, 5) is 35.1. The Morgan fingerprint density at radius 3 is 1.64 bits per heavy atom. The van der Waals surface area contributed by atoms with Crippen LogP contribution in [0, 0.1) is 0 Å². The number of carbonyl (C=O) groups is 3. The van der Waals surface area contributed by atoms with Crippen LogP contribution in [0.25, 0.3) is 0 Å². The van der Waals surface area contributed by atoms with Crippen LogP contribution in [0.1, 0.15) is 85.5 Å². The van der Waals surface area contributed by atoms with Gasteiger partial charge >= 0.3 is 6.03 Å². The molecule has 33 heavy (non-hydrogen) atoms. The van der Waals surface area contributed by atoms with Crippen LogP contribution in [-0.2, 0) is 22.4 Å². The smallest absolute Gasteiger partial charge is 0.322 e. The molecule has 0 atom stereocenters. The minimum atomic E-state index is -0.683. The average molecular weight is 445 g/mol. The Labute approximate surface area is 195 Å². The zero-order chi connectivity index (χ0) is 22.8. The lowest BCUT2D eigenvalue weighted by Crippen LogP contribution is -2.49. The molecule has 5 rings (SSSR count). The van der Waals surface area contributed by atoms with Gasteiger partial charge in [0.2, 0.25) is 0 Å². The van der Waals surface area contributed by atoms with E-state index >= 15 is 0 Å². The molecule has 1 spiro atoms. The molecule has 0 unspecified atom stereocenters. The highest BCUT2D eigenvalue weighted by Crippen LogP contribution is 2.39. The van der Waals surface area contributed by atoms with E-state index in [1.165, 1.54) is 22.3 Å². The van der Waals surface area contributed by atoms with Gasteiger partial charge < -0.3 is 5.32 Å². The van der Waals surface area contributed by atoms with E-state index in [2.05, 4.69) is 59.2 Å². The molecule has 2 aromatic rings. The highest BCUT2D eigenvalue weighted by molar-refractivity contribution is 6.07. The Morgan fingerprint density at radius 1 is 0.697 bits per heavy atom. The highest BCUT2D eigenvalue weighted by Gasteiger charge is 2.48. The van der Waals surface area contributed by atoms with E-state index in [9.17, 15) is 14.4 Å². The molecular formula is C28H32N2O3. The zero-order valence-electron chi connectivity index (χ0n) is 19.1. The van der Waals surface area contributed by atoms with Crippen LogP contribution in [0.3, 0.4) is 0 Å². The summed E-state index contributed by atoms with van der Waals surface area (Å²) in [6.07, 6.45) is 8.70. The second-order valence-electron chi connectivity index (χ2n) is 10.1. The van der Waals surface area contributed by atoms with Crippen molar-refractivity contribution in [3.8, 4) is 0 Å². The predicted octanol–water partition coefficient (Wildman–Crippen LogP) is 4.93. The second kappa shape index (κ2) is 9.12. The van der Waals surface area contributed by atoms with Crippen LogP contribution >= 0.6 is 0 Å². The summed E-state index contributed by atoms with van der Waals surface area (Å²) in [7, 11) is 0. The number of aryl methyl sites for hydroxylation is 2. The van der Waals surface area contributed by atoms with Gasteiger partial charge in [0.25, 0.3) is 5.91 Å². The number of benzene rings is 2. The fourth-order valence-electron chi connectivity index (χ4n) is 5.80. The molecule has 0 bridgehead atoms. The number of hydrogen-bond donors (Lipinski definition) is 2. The zero-order valence-corrected chi connectivity index (χ0v) is 19.1. The predicted molar refractivity (Wildman–Crippen MR) is 127 cm³/mol. The number of amides is 3. The number of carbonyl (C=O) groups excluding carboxylic acids is 3. The number of Topliss-reactive ketones (excluding diaryl/α,β-unsaturated/α-hetero) is 1. The van der Waals surface area contributed by atoms with Crippen LogP contribution in [0.2, 0.25) is 0 Å². The summed E-state index contributed by atoms with van der Waals surface area (Å²) < 4.78 is 0. The summed E-state index contributed by atoms with van der Waals surface area (Å²) in [5, 5.41) is 5.23. The first-order valence-electron chi connectivity index (χ1n) is 12.3. The third kappa shape index (κ3) is 4.73. The van der Waals surface area contributed by atoms with Crippen LogP contribution in [0.15, 0.2) is 48.5 Å². The lowest BCUT2D eigenvalue weighted by atomic mass is 9.74. The lowest BCUT2D eigenvalue weighted by molar-refractivity contribution is -0.125. The quantitative estimate of drug-likeness (QED) is 0.642. The number of urea groups is 1. The van der Waals surface area contributed by atoms with Crippen molar-refractivity contribution in [1.82, 2.24) is 10.6 Å². The van der Waals surface area contributed by atoms with E-state index < -0.39 is 5.54 Å². The number of ketones is 1. The van der Waals surface area contributed by atoms with Gasteiger partial charge in [-0.1, -0.05) is 48.5 Å². The molecule has 1 heterocycles. The van der Waals surface area contributed by atoms with Gasteiger partial charge in [0, 0.05) is 12.8 Å². The summed E-state index contributed by atoms with van der Waals surface area (Å²) in [5.41, 5.74) is 4.71. The van der Waals surface area contributed by atoms with E-state index in [1.54, 1.807) is 0 Å². The highest BCUT2D eigenvalue weighted by atomic mass is 16.2. The topological polar surface area (TPSA) is 75.3 Å². The van der Waals surface area contributed by atoms with Gasteiger partial charge in [0.15, 0.2) is 0 Å². The van der Waals surface area contributed by atoms with Gasteiger partial charge in [-0.2, -0.15) is 0 Å². The Kier molecular flexibility index (Phi) is 6.05. The van der Waals surface area contributed by atoms with E-state index in [0.717, 1.165) is 51.4 Å². The third-order valence-electron chi connectivity index (χ3n) is 8.00. The maximum Gasteiger partial charge on any atom is 0.322 e. The molecule has 172 valence electrons. The number of imide groups is 1. The molecule has 3 aliphatic rings. The minimum Gasteiger partial charge on any atom is -0.323 e. The minimum absolute atomic E-state index is 0.164. The van der Waals surface area contributed by atoms with Crippen molar-refractivity contribution in [3.63, 3.8) is 0 Å². The molecule has 5 nitrogen and oxygen atoms in total. The van der Waals surface area contributed by atoms with Crippen molar-refractivity contribution in [2.45, 2.75) is 81.6 Å². The average Bonchev–Trinajstić information content (AvgIpc) is 3.11. The van der Waals surface area contributed by atoms with Crippen LogP contribution in [0.5, 0.6) is 0 Å². The molecule has 2 aromatic carbocycles. The van der Waals surface area contributed by atoms with Crippen molar-refractivity contribution in [1.29, 1.82) is 0 Å². The molecule has 2 aliphatic carbocycles. The van der Waals surface area contributed by atoms with Gasteiger partial charge in [-0.3, -0.25) is 14.9 Å². The van der Waals surface area contributed by atoms with Crippen LogP contribution in [-0.4, -0.2) is 23.3 Å². The van der Waals surface area contributed by atoms with Gasteiger partial charge in [0.1, 0.15) is 11.3 Å². The van der Waals surface area contributed by atoms with Crippen molar-refractivity contribution in [2.24, 2.45) is 0 Å². The molecule has 1 aliphatic heterocycles. The first-order valence-corrected chi connectivity index (χ1v) is 12.3. The van der Waals surface area contributed by atoms with Crippen molar-refractivity contribution in [3.05, 3.63) is 70.8 Å². The number of hydrogen-bond acceptors (Lipinski definition) is 3. The molecule has 5 heteroatoms. The summed E-state index contributed by atoms with van der Waals surface area (Å²) >= 11 is 0. The Hall–Kier alpha value is -2.95. The normalized spacial score (nSPS) is 25.8. The van der Waals surface area contributed by atoms with Gasteiger partial charge in [-0.15, -0.1) is 0 Å². The molecular weight excluding hydrogens is 412 g/mol. The summed E-state index contributed by atoms with van der Waals surface area (Å²) in [5.74, 6) is 1.23. The first kappa shape index (κ1) is 21.9. The Balaban J connectivity index is 1.12. The first-order chi connectivity index (χ1) is 16.0. The van der Waals surface area contributed by atoms with Crippen molar-refractivity contribution in [2.75, 3.05) is 0 Å². The molecule has 3 amide bonds. The maximum atomic E-state index is 12.1. The van der Waals surface area contributed by atoms with Crippen molar-refractivity contribution < 1.29 is 14.4 Å². The van der Waals surface area contributed by atoms with E-state index in [1.807, 2.05) is 0 Å². The lowest BCUT2D eigenvalue weighted by Gasteiger charge is -2.34.